The summed E-state index contributed by atoms with van der Waals surface area (Å²) in [5.74, 6) is 0.883. The molecule has 4 heteroatoms. The van der Waals surface area contributed by atoms with Crippen LogP contribution in [0.25, 0.3) is 0 Å². The molecule has 0 amide bonds. The van der Waals surface area contributed by atoms with Crippen LogP contribution in [0.5, 0.6) is 0 Å². The number of guanidine groups is 1. The van der Waals surface area contributed by atoms with Gasteiger partial charge in [-0.3, -0.25) is 4.99 Å². The van der Waals surface area contributed by atoms with Crippen molar-refractivity contribution in [3.63, 3.8) is 0 Å². The van der Waals surface area contributed by atoms with Gasteiger partial charge in [0.05, 0.1) is 0 Å². The molecule has 1 fully saturated rings. The number of rotatable bonds is 5. The fraction of sp³-hybridized carbons (Fsp3) is 0.588. The van der Waals surface area contributed by atoms with E-state index in [1.807, 2.05) is 7.05 Å². The van der Waals surface area contributed by atoms with E-state index in [0.717, 1.165) is 25.6 Å². The molecule has 0 atom stereocenters. The molecular weight excluding hydrogens is 260 g/mol. The van der Waals surface area contributed by atoms with Gasteiger partial charge in [0.15, 0.2) is 5.96 Å². The Morgan fingerprint density at radius 3 is 2.71 bits per heavy atom. The van der Waals surface area contributed by atoms with E-state index in [1.165, 1.54) is 43.5 Å². The van der Waals surface area contributed by atoms with E-state index >= 15 is 0 Å². The van der Waals surface area contributed by atoms with Crippen LogP contribution in [0.1, 0.15) is 30.4 Å². The van der Waals surface area contributed by atoms with E-state index in [0.29, 0.717) is 0 Å². The molecule has 0 saturated carbocycles. The zero-order chi connectivity index (χ0) is 14.9. The standard InChI is InChI=1S/C17H28N4/c1-15-7-6-8-16(13-15)14-20-17(18-2)19-9-12-21-10-4-3-5-11-21/h6-8,13H,3-5,9-12,14H2,1-2H3,(H2,18,19,20). The summed E-state index contributed by atoms with van der Waals surface area (Å²) >= 11 is 0. The molecule has 1 aliphatic rings. The summed E-state index contributed by atoms with van der Waals surface area (Å²) < 4.78 is 0. The van der Waals surface area contributed by atoms with E-state index in [9.17, 15) is 0 Å². The Balaban J connectivity index is 1.68. The van der Waals surface area contributed by atoms with E-state index in [1.54, 1.807) is 0 Å². The van der Waals surface area contributed by atoms with Crippen LogP contribution in [0.2, 0.25) is 0 Å². The molecule has 116 valence electrons. The van der Waals surface area contributed by atoms with Crippen LogP contribution in [-0.2, 0) is 6.54 Å². The molecule has 4 nitrogen and oxygen atoms in total. The normalized spacial score (nSPS) is 16.8. The molecule has 0 aliphatic carbocycles. The van der Waals surface area contributed by atoms with E-state index < -0.39 is 0 Å². The highest BCUT2D eigenvalue weighted by Crippen LogP contribution is 2.07. The molecule has 0 unspecified atom stereocenters. The number of benzene rings is 1. The number of likely N-dealkylation sites (tertiary alicyclic amines) is 1. The van der Waals surface area contributed by atoms with Crippen LogP contribution in [0.15, 0.2) is 29.3 Å². The van der Waals surface area contributed by atoms with Gasteiger partial charge in [-0.25, -0.2) is 0 Å². The lowest BCUT2D eigenvalue weighted by molar-refractivity contribution is 0.232. The summed E-state index contributed by atoms with van der Waals surface area (Å²) in [6.45, 7) is 7.48. The Hall–Kier alpha value is -1.55. The molecule has 0 aromatic heterocycles. The lowest BCUT2D eigenvalue weighted by Crippen LogP contribution is -2.42. The summed E-state index contributed by atoms with van der Waals surface area (Å²) in [5, 5.41) is 6.77. The zero-order valence-electron chi connectivity index (χ0n) is 13.4. The van der Waals surface area contributed by atoms with Crippen LogP contribution >= 0.6 is 0 Å². The lowest BCUT2D eigenvalue weighted by Gasteiger charge is -2.26. The first-order valence-corrected chi connectivity index (χ1v) is 8.00. The van der Waals surface area contributed by atoms with Crippen molar-refractivity contribution in [2.24, 2.45) is 4.99 Å². The van der Waals surface area contributed by atoms with Crippen molar-refractivity contribution in [3.05, 3.63) is 35.4 Å². The predicted molar refractivity (Wildman–Crippen MR) is 89.7 cm³/mol. The molecular formula is C17H28N4. The van der Waals surface area contributed by atoms with Crippen molar-refractivity contribution in [2.75, 3.05) is 33.2 Å². The van der Waals surface area contributed by atoms with Gasteiger partial charge in [0.1, 0.15) is 0 Å². The first kappa shape index (κ1) is 15.8. The van der Waals surface area contributed by atoms with Gasteiger partial charge < -0.3 is 15.5 Å². The largest absolute Gasteiger partial charge is 0.355 e. The van der Waals surface area contributed by atoms with Gasteiger partial charge >= 0.3 is 0 Å². The van der Waals surface area contributed by atoms with Crippen LogP contribution in [0, 0.1) is 6.92 Å². The highest BCUT2D eigenvalue weighted by atomic mass is 15.2. The minimum absolute atomic E-state index is 0.811. The molecule has 0 bridgehead atoms. The monoisotopic (exact) mass is 288 g/mol. The van der Waals surface area contributed by atoms with Crippen LogP contribution in [0.3, 0.4) is 0 Å². The topological polar surface area (TPSA) is 39.7 Å². The van der Waals surface area contributed by atoms with E-state index in [-0.39, 0.29) is 0 Å². The average Bonchev–Trinajstić information content (AvgIpc) is 2.52. The van der Waals surface area contributed by atoms with Crippen molar-refractivity contribution in [1.82, 2.24) is 15.5 Å². The number of aryl methyl sites for hydroxylation is 1. The van der Waals surface area contributed by atoms with Gasteiger partial charge in [-0.2, -0.15) is 0 Å². The Kier molecular flexibility index (Phi) is 6.54. The fourth-order valence-electron chi connectivity index (χ4n) is 2.74. The number of hydrogen-bond acceptors (Lipinski definition) is 2. The smallest absolute Gasteiger partial charge is 0.191 e. The third kappa shape index (κ3) is 5.76. The van der Waals surface area contributed by atoms with Gasteiger partial charge in [-0.1, -0.05) is 36.2 Å². The summed E-state index contributed by atoms with van der Waals surface area (Å²) in [7, 11) is 1.83. The minimum Gasteiger partial charge on any atom is -0.355 e. The number of nitrogens with zero attached hydrogens (tertiary/aromatic N) is 2. The molecule has 1 saturated heterocycles. The Morgan fingerprint density at radius 1 is 1.19 bits per heavy atom. The van der Waals surface area contributed by atoms with Gasteiger partial charge in [0, 0.05) is 26.7 Å². The van der Waals surface area contributed by atoms with Crippen LogP contribution in [0.4, 0.5) is 0 Å². The molecule has 1 aliphatic heterocycles. The molecule has 2 rings (SSSR count). The van der Waals surface area contributed by atoms with Crippen molar-refractivity contribution >= 4 is 5.96 Å². The van der Waals surface area contributed by atoms with Crippen molar-refractivity contribution in [3.8, 4) is 0 Å². The van der Waals surface area contributed by atoms with Crippen molar-refractivity contribution in [1.29, 1.82) is 0 Å². The zero-order valence-corrected chi connectivity index (χ0v) is 13.4. The van der Waals surface area contributed by atoms with E-state index in [2.05, 4.69) is 51.7 Å². The third-order valence-corrected chi connectivity index (χ3v) is 3.94. The first-order chi connectivity index (χ1) is 10.3. The second-order valence-electron chi connectivity index (χ2n) is 5.74. The van der Waals surface area contributed by atoms with Crippen molar-refractivity contribution in [2.45, 2.75) is 32.7 Å². The highest BCUT2D eigenvalue weighted by Gasteiger charge is 2.09. The van der Waals surface area contributed by atoms with Gasteiger partial charge in [0.2, 0.25) is 0 Å². The molecule has 1 aromatic rings. The number of hydrogen-bond donors (Lipinski definition) is 2. The van der Waals surface area contributed by atoms with Crippen molar-refractivity contribution < 1.29 is 0 Å². The molecule has 0 spiro atoms. The molecule has 1 heterocycles. The summed E-state index contributed by atoms with van der Waals surface area (Å²) in [6.07, 6.45) is 4.09. The Bertz CT molecular complexity index is 450. The molecule has 21 heavy (non-hydrogen) atoms. The highest BCUT2D eigenvalue weighted by molar-refractivity contribution is 5.79. The van der Waals surface area contributed by atoms with Crippen LogP contribution < -0.4 is 10.6 Å². The van der Waals surface area contributed by atoms with Gasteiger partial charge in [0.25, 0.3) is 0 Å². The molecule has 0 radical (unpaired) electrons. The second kappa shape index (κ2) is 8.67. The molecule has 2 N–H and O–H groups in total. The SMILES string of the molecule is CN=C(NCCN1CCCCC1)NCc1cccc(C)c1. The Morgan fingerprint density at radius 2 is 2.00 bits per heavy atom. The maximum Gasteiger partial charge on any atom is 0.191 e. The van der Waals surface area contributed by atoms with Gasteiger partial charge in [-0.05, 0) is 38.4 Å². The summed E-state index contributed by atoms with van der Waals surface area (Å²) in [5.41, 5.74) is 2.58. The number of aliphatic imine (C=N–C) groups is 1. The number of nitrogens with one attached hydrogen (secondary N) is 2. The van der Waals surface area contributed by atoms with Gasteiger partial charge in [-0.15, -0.1) is 0 Å². The average molecular weight is 288 g/mol. The predicted octanol–water partition coefficient (Wildman–Crippen LogP) is 2.15. The maximum absolute atomic E-state index is 4.28. The minimum atomic E-state index is 0.811. The quantitative estimate of drug-likeness (QED) is 0.644. The summed E-state index contributed by atoms with van der Waals surface area (Å²) in [4.78, 5) is 6.82. The molecule has 1 aromatic carbocycles. The van der Waals surface area contributed by atoms with E-state index in [4.69, 9.17) is 0 Å². The Labute approximate surface area is 128 Å². The third-order valence-electron chi connectivity index (χ3n) is 3.94. The van der Waals surface area contributed by atoms with Crippen LogP contribution in [-0.4, -0.2) is 44.1 Å². The summed E-state index contributed by atoms with van der Waals surface area (Å²) in [6, 6.07) is 8.56. The first-order valence-electron chi connectivity index (χ1n) is 8.00. The fourth-order valence-corrected chi connectivity index (χ4v) is 2.74. The maximum atomic E-state index is 4.28. The second-order valence-corrected chi connectivity index (χ2v) is 5.74. The number of piperidine rings is 1. The lowest BCUT2D eigenvalue weighted by atomic mass is 10.1.